The molecule has 3 aromatic rings. The molecule has 0 N–H and O–H groups in total. The summed E-state index contributed by atoms with van der Waals surface area (Å²) >= 11 is 0. The Labute approximate surface area is 143 Å². The first kappa shape index (κ1) is 14.8. The molecule has 1 nitrogen and oxygen atoms in total. The number of para-hydroxylation sites is 1. The largest absolute Gasteiger partial charge is 0.360 e. The maximum absolute atomic E-state index is 2.52. The van der Waals surface area contributed by atoms with Gasteiger partial charge < -0.3 is 4.90 Å². The van der Waals surface area contributed by atoms with Crippen molar-refractivity contribution in [1.82, 2.24) is 0 Å². The van der Waals surface area contributed by atoms with Crippen LogP contribution in [0.25, 0.3) is 6.08 Å². The zero-order chi connectivity index (χ0) is 16.2. The smallest absolute Gasteiger partial charge is 0.0730 e. The number of fused-ring (bicyclic) bond motifs is 1. The van der Waals surface area contributed by atoms with Gasteiger partial charge in [0.15, 0.2) is 0 Å². The van der Waals surface area contributed by atoms with Gasteiger partial charge in [-0.2, -0.15) is 0 Å². The molecule has 1 aliphatic rings. The lowest BCUT2D eigenvalue weighted by Crippen LogP contribution is -2.25. The van der Waals surface area contributed by atoms with E-state index < -0.39 is 0 Å². The van der Waals surface area contributed by atoms with Crippen molar-refractivity contribution in [1.29, 1.82) is 0 Å². The first-order valence-corrected chi connectivity index (χ1v) is 8.54. The average Bonchev–Trinajstić information content (AvgIpc) is 3.08. The van der Waals surface area contributed by atoms with Gasteiger partial charge in [-0.05, 0) is 29.2 Å². The topological polar surface area (TPSA) is 3.24 Å². The van der Waals surface area contributed by atoms with Crippen molar-refractivity contribution in [2.24, 2.45) is 0 Å². The molecular formula is C23H21N. The number of rotatable bonds is 4. The summed E-state index contributed by atoms with van der Waals surface area (Å²) in [7, 11) is 0. The number of hydrogen-bond acceptors (Lipinski definition) is 1. The quantitative estimate of drug-likeness (QED) is 0.614. The van der Waals surface area contributed by atoms with E-state index in [9.17, 15) is 0 Å². The first-order valence-electron chi connectivity index (χ1n) is 8.54. The van der Waals surface area contributed by atoms with Gasteiger partial charge in [0.2, 0.25) is 0 Å². The number of benzene rings is 3. The Morgan fingerprint density at radius 1 is 0.750 bits per heavy atom. The van der Waals surface area contributed by atoms with Crippen molar-refractivity contribution >= 4 is 11.8 Å². The summed E-state index contributed by atoms with van der Waals surface area (Å²) in [5.41, 5.74) is 5.39. The fourth-order valence-corrected chi connectivity index (χ4v) is 3.46. The van der Waals surface area contributed by atoms with Gasteiger partial charge in [0, 0.05) is 12.2 Å². The molecule has 1 heterocycles. The summed E-state index contributed by atoms with van der Waals surface area (Å²) in [6, 6.07) is 30.3. The van der Waals surface area contributed by atoms with E-state index in [1.165, 1.54) is 22.4 Å². The summed E-state index contributed by atoms with van der Waals surface area (Å²) in [4.78, 5) is 2.52. The van der Waals surface area contributed by atoms with Crippen LogP contribution in [0, 0.1) is 0 Å². The molecule has 1 aliphatic heterocycles. The Hall–Kier alpha value is -2.80. The van der Waals surface area contributed by atoms with Crippen molar-refractivity contribution < 1.29 is 0 Å². The number of nitrogens with zero attached hydrogens (tertiary/aromatic N) is 1. The monoisotopic (exact) mass is 311 g/mol. The summed E-state index contributed by atoms with van der Waals surface area (Å²) in [5, 5.41) is 0. The molecule has 0 spiro atoms. The Morgan fingerprint density at radius 3 is 2.21 bits per heavy atom. The molecule has 24 heavy (non-hydrogen) atoms. The van der Waals surface area contributed by atoms with Crippen LogP contribution in [0.1, 0.15) is 22.7 Å². The molecule has 1 heteroatoms. The van der Waals surface area contributed by atoms with Gasteiger partial charge in [-0.1, -0.05) is 91.0 Å². The molecule has 1 atom stereocenters. The Balaban J connectivity index is 1.71. The van der Waals surface area contributed by atoms with Crippen LogP contribution in [0.4, 0.5) is 5.69 Å². The van der Waals surface area contributed by atoms with E-state index in [0.717, 1.165) is 13.0 Å². The SMILES string of the molecule is C(=C\C(c1ccccc1)N1CCc2ccccc21)/c1ccccc1. The van der Waals surface area contributed by atoms with Crippen molar-refractivity contribution in [3.8, 4) is 0 Å². The molecule has 0 radical (unpaired) electrons. The molecule has 3 aromatic carbocycles. The molecule has 0 fully saturated rings. The van der Waals surface area contributed by atoms with Gasteiger partial charge in [0.1, 0.15) is 0 Å². The Bertz CT molecular complexity index is 821. The molecule has 1 unspecified atom stereocenters. The Morgan fingerprint density at radius 2 is 1.42 bits per heavy atom. The van der Waals surface area contributed by atoms with Crippen LogP contribution in [-0.4, -0.2) is 6.54 Å². The predicted octanol–water partition coefficient (Wildman–Crippen LogP) is 5.50. The summed E-state index contributed by atoms with van der Waals surface area (Å²) < 4.78 is 0. The van der Waals surface area contributed by atoms with Gasteiger partial charge >= 0.3 is 0 Å². The van der Waals surface area contributed by atoms with E-state index in [0.29, 0.717) is 0 Å². The fourth-order valence-electron chi connectivity index (χ4n) is 3.46. The molecule has 0 aliphatic carbocycles. The fraction of sp³-hybridized carbons (Fsp3) is 0.130. The van der Waals surface area contributed by atoms with E-state index in [1.54, 1.807) is 0 Å². The standard InChI is InChI=1S/C23H21N/c1-3-9-19(10-4-1)15-16-23(20-11-5-2-6-12-20)24-18-17-21-13-7-8-14-22(21)24/h1-16,23H,17-18H2/b16-15+. The second kappa shape index (κ2) is 6.76. The van der Waals surface area contributed by atoms with Crippen LogP contribution >= 0.6 is 0 Å². The predicted molar refractivity (Wildman–Crippen MR) is 102 cm³/mol. The highest BCUT2D eigenvalue weighted by molar-refractivity contribution is 5.62. The van der Waals surface area contributed by atoms with Crippen LogP contribution in [0.2, 0.25) is 0 Å². The minimum absolute atomic E-state index is 0.259. The lowest BCUT2D eigenvalue weighted by Gasteiger charge is -2.28. The van der Waals surface area contributed by atoms with Gasteiger partial charge in [-0.3, -0.25) is 0 Å². The summed E-state index contributed by atoms with van der Waals surface area (Å²) in [6.45, 7) is 1.07. The summed E-state index contributed by atoms with van der Waals surface area (Å²) in [6.07, 6.45) is 5.68. The third-order valence-corrected chi connectivity index (χ3v) is 4.67. The van der Waals surface area contributed by atoms with Crippen molar-refractivity contribution in [3.05, 3.63) is 108 Å². The lowest BCUT2D eigenvalue weighted by atomic mass is 10.0. The third-order valence-electron chi connectivity index (χ3n) is 4.67. The Kier molecular flexibility index (Phi) is 4.16. The van der Waals surface area contributed by atoms with E-state index in [-0.39, 0.29) is 6.04 Å². The second-order valence-electron chi connectivity index (χ2n) is 6.20. The molecular weight excluding hydrogens is 290 g/mol. The van der Waals surface area contributed by atoms with Crippen LogP contribution < -0.4 is 4.90 Å². The van der Waals surface area contributed by atoms with Gasteiger partial charge in [0.25, 0.3) is 0 Å². The highest BCUT2D eigenvalue weighted by Gasteiger charge is 2.25. The normalized spacial score (nSPS) is 14.8. The van der Waals surface area contributed by atoms with Crippen molar-refractivity contribution in [3.63, 3.8) is 0 Å². The van der Waals surface area contributed by atoms with E-state index in [2.05, 4.69) is 102 Å². The maximum Gasteiger partial charge on any atom is 0.0730 e. The number of anilines is 1. The van der Waals surface area contributed by atoms with E-state index >= 15 is 0 Å². The minimum Gasteiger partial charge on any atom is -0.360 e. The molecule has 0 aromatic heterocycles. The van der Waals surface area contributed by atoms with Gasteiger partial charge in [-0.15, -0.1) is 0 Å². The van der Waals surface area contributed by atoms with Crippen LogP contribution in [-0.2, 0) is 6.42 Å². The van der Waals surface area contributed by atoms with Gasteiger partial charge in [0.05, 0.1) is 6.04 Å². The first-order chi connectivity index (χ1) is 11.9. The van der Waals surface area contributed by atoms with Crippen molar-refractivity contribution in [2.75, 3.05) is 11.4 Å². The highest BCUT2D eigenvalue weighted by atomic mass is 15.2. The van der Waals surface area contributed by atoms with Gasteiger partial charge in [-0.25, -0.2) is 0 Å². The van der Waals surface area contributed by atoms with Crippen LogP contribution in [0.3, 0.4) is 0 Å². The zero-order valence-corrected chi connectivity index (χ0v) is 13.7. The van der Waals surface area contributed by atoms with Crippen molar-refractivity contribution in [2.45, 2.75) is 12.5 Å². The van der Waals surface area contributed by atoms with E-state index in [1.807, 2.05) is 0 Å². The van der Waals surface area contributed by atoms with E-state index in [4.69, 9.17) is 0 Å². The maximum atomic E-state index is 2.52. The highest BCUT2D eigenvalue weighted by Crippen LogP contribution is 2.36. The van der Waals surface area contributed by atoms with Crippen LogP contribution in [0.5, 0.6) is 0 Å². The second-order valence-corrected chi connectivity index (χ2v) is 6.20. The molecule has 0 bridgehead atoms. The summed E-state index contributed by atoms with van der Waals surface area (Å²) in [5.74, 6) is 0. The molecule has 4 rings (SSSR count). The number of hydrogen-bond donors (Lipinski definition) is 0. The zero-order valence-electron chi connectivity index (χ0n) is 13.7. The lowest BCUT2D eigenvalue weighted by molar-refractivity contribution is 0.755. The molecule has 118 valence electrons. The molecule has 0 saturated heterocycles. The molecule has 0 amide bonds. The third kappa shape index (κ3) is 2.98. The average molecular weight is 311 g/mol. The minimum atomic E-state index is 0.259. The molecule has 0 saturated carbocycles. The van der Waals surface area contributed by atoms with Crippen LogP contribution in [0.15, 0.2) is 91.0 Å².